The summed E-state index contributed by atoms with van der Waals surface area (Å²) >= 11 is 0. The van der Waals surface area contributed by atoms with Crippen molar-refractivity contribution in [3.63, 3.8) is 0 Å². The number of pyridine rings is 1. The first-order chi connectivity index (χ1) is 18.6. The van der Waals surface area contributed by atoms with Crippen molar-refractivity contribution in [1.82, 2.24) is 9.55 Å². The molecule has 0 aliphatic heterocycles. The van der Waals surface area contributed by atoms with Crippen molar-refractivity contribution < 1.29 is 0 Å². The fraction of sp³-hybridized carbons (Fsp3) is 0.139. The summed E-state index contributed by atoms with van der Waals surface area (Å²) in [5.41, 5.74) is 10.3. The normalized spacial score (nSPS) is 15.9. The highest BCUT2D eigenvalue weighted by atomic mass is 15.1. The van der Waals surface area contributed by atoms with Crippen molar-refractivity contribution in [2.75, 3.05) is 0 Å². The smallest absolute Gasteiger partial charge is 0.146 e. The Bertz CT molecular complexity index is 2000. The maximum absolute atomic E-state index is 5.38. The maximum Gasteiger partial charge on any atom is 0.146 e. The lowest BCUT2D eigenvalue weighted by atomic mass is 9.72. The molecule has 0 saturated heterocycles. The lowest BCUT2D eigenvalue weighted by molar-refractivity contribution is 0.601. The average molecular weight is 489 g/mol. The molecule has 4 aromatic carbocycles. The van der Waals surface area contributed by atoms with Crippen LogP contribution in [0, 0.1) is 0 Å². The van der Waals surface area contributed by atoms with Gasteiger partial charge in [-0.3, -0.25) is 4.57 Å². The first-order valence-electron chi connectivity index (χ1n) is 13.6. The first-order valence-corrected chi connectivity index (χ1v) is 13.6. The molecule has 6 aromatic rings. The molecule has 0 fully saturated rings. The number of hydrogen-bond donors (Lipinski definition) is 0. The largest absolute Gasteiger partial charge is 0.293 e. The number of allylic oxidation sites excluding steroid dienone is 4. The molecule has 2 aromatic heterocycles. The molecule has 2 aliphatic carbocycles. The molecule has 0 atom stereocenters. The zero-order chi connectivity index (χ0) is 25.4. The van der Waals surface area contributed by atoms with Crippen LogP contribution in [0.15, 0.2) is 115 Å². The highest BCUT2D eigenvalue weighted by molar-refractivity contribution is 6.10. The van der Waals surface area contributed by atoms with E-state index in [9.17, 15) is 0 Å². The van der Waals surface area contributed by atoms with Crippen molar-refractivity contribution in [2.24, 2.45) is 0 Å². The Morgan fingerprint density at radius 3 is 2.18 bits per heavy atom. The minimum Gasteiger partial charge on any atom is -0.293 e. The van der Waals surface area contributed by atoms with E-state index in [2.05, 4.69) is 128 Å². The molecule has 2 nitrogen and oxygen atoms in total. The van der Waals surface area contributed by atoms with Crippen molar-refractivity contribution in [1.29, 1.82) is 0 Å². The third-order valence-corrected chi connectivity index (χ3v) is 8.70. The van der Waals surface area contributed by atoms with Crippen LogP contribution in [0.5, 0.6) is 0 Å². The van der Waals surface area contributed by atoms with Crippen LogP contribution in [0.2, 0.25) is 0 Å². The molecule has 2 heteroatoms. The zero-order valence-electron chi connectivity index (χ0n) is 21.7. The lowest BCUT2D eigenvalue weighted by Gasteiger charge is -2.31. The molecule has 182 valence electrons. The Morgan fingerprint density at radius 1 is 0.684 bits per heavy atom. The fourth-order valence-electron chi connectivity index (χ4n) is 7.05. The number of fused-ring (bicyclic) bond motifs is 9. The molecule has 0 spiro atoms. The van der Waals surface area contributed by atoms with Gasteiger partial charge in [-0.15, -0.1) is 0 Å². The van der Waals surface area contributed by atoms with Crippen LogP contribution in [0.3, 0.4) is 0 Å². The quantitative estimate of drug-likeness (QED) is 0.211. The van der Waals surface area contributed by atoms with Crippen LogP contribution in [0.1, 0.15) is 37.8 Å². The second-order valence-corrected chi connectivity index (χ2v) is 11.1. The number of nitrogens with zero attached hydrogens (tertiary/aromatic N) is 2. The number of aromatic nitrogens is 2. The molecule has 2 aliphatic rings. The Balaban J connectivity index is 1.61. The van der Waals surface area contributed by atoms with Gasteiger partial charge in [-0.1, -0.05) is 117 Å². The maximum atomic E-state index is 5.38. The summed E-state index contributed by atoms with van der Waals surface area (Å²) in [5.74, 6) is 0.998. The summed E-state index contributed by atoms with van der Waals surface area (Å²) in [7, 11) is 0. The monoisotopic (exact) mass is 488 g/mol. The van der Waals surface area contributed by atoms with Gasteiger partial charge < -0.3 is 0 Å². The van der Waals surface area contributed by atoms with Gasteiger partial charge >= 0.3 is 0 Å². The van der Waals surface area contributed by atoms with E-state index < -0.39 is 0 Å². The van der Waals surface area contributed by atoms with Gasteiger partial charge in [0.05, 0.1) is 16.7 Å². The second kappa shape index (κ2) is 7.79. The third-order valence-electron chi connectivity index (χ3n) is 8.70. The first kappa shape index (κ1) is 21.6. The molecular weight excluding hydrogens is 460 g/mol. The van der Waals surface area contributed by atoms with E-state index in [1.807, 2.05) is 0 Å². The zero-order valence-corrected chi connectivity index (χ0v) is 21.7. The van der Waals surface area contributed by atoms with E-state index in [1.165, 1.54) is 60.6 Å². The Labute approximate surface area is 222 Å². The van der Waals surface area contributed by atoms with Crippen molar-refractivity contribution in [3.8, 4) is 17.1 Å². The number of hydrogen-bond acceptors (Lipinski definition) is 1. The summed E-state index contributed by atoms with van der Waals surface area (Å²) < 4.78 is 2.46. The summed E-state index contributed by atoms with van der Waals surface area (Å²) in [6.07, 6.45) is 6.88. The van der Waals surface area contributed by atoms with Crippen LogP contribution < -0.4 is 0 Å². The predicted octanol–water partition coefficient (Wildman–Crippen LogP) is 9.39. The molecule has 0 amide bonds. The molecule has 0 N–H and O–H groups in total. The summed E-state index contributed by atoms with van der Waals surface area (Å²) in [6, 6.07) is 35.1. The lowest BCUT2D eigenvalue weighted by Crippen LogP contribution is -2.22. The predicted molar refractivity (Wildman–Crippen MR) is 160 cm³/mol. The molecular formula is C36H28N2. The molecule has 0 radical (unpaired) electrons. The van der Waals surface area contributed by atoms with E-state index in [0.29, 0.717) is 0 Å². The van der Waals surface area contributed by atoms with Gasteiger partial charge in [0.15, 0.2) is 0 Å². The highest BCUT2D eigenvalue weighted by Crippen LogP contribution is 2.53. The van der Waals surface area contributed by atoms with Crippen LogP contribution in [0.25, 0.3) is 55.2 Å². The van der Waals surface area contributed by atoms with Crippen molar-refractivity contribution >= 4 is 38.2 Å². The minimum atomic E-state index is -0.133. The van der Waals surface area contributed by atoms with Crippen molar-refractivity contribution in [2.45, 2.75) is 32.1 Å². The molecule has 38 heavy (non-hydrogen) atoms. The summed E-state index contributed by atoms with van der Waals surface area (Å²) in [4.78, 5) is 5.38. The van der Waals surface area contributed by atoms with Crippen LogP contribution in [-0.2, 0) is 5.41 Å². The van der Waals surface area contributed by atoms with Gasteiger partial charge in [-0.25, -0.2) is 4.98 Å². The molecule has 8 rings (SSSR count). The molecule has 0 bridgehead atoms. The van der Waals surface area contributed by atoms with Crippen LogP contribution in [-0.4, -0.2) is 9.55 Å². The van der Waals surface area contributed by atoms with E-state index in [4.69, 9.17) is 4.98 Å². The topological polar surface area (TPSA) is 17.8 Å². The van der Waals surface area contributed by atoms with E-state index in [0.717, 1.165) is 24.2 Å². The average Bonchev–Trinajstić information content (AvgIpc) is 3.29. The highest BCUT2D eigenvalue weighted by Gasteiger charge is 2.39. The minimum absolute atomic E-state index is 0.133. The number of rotatable bonds is 1. The van der Waals surface area contributed by atoms with E-state index in [-0.39, 0.29) is 5.41 Å². The van der Waals surface area contributed by atoms with Gasteiger partial charge in [0.25, 0.3) is 0 Å². The fourth-order valence-corrected chi connectivity index (χ4v) is 7.05. The van der Waals surface area contributed by atoms with Gasteiger partial charge in [0.2, 0.25) is 0 Å². The van der Waals surface area contributed by atoms with Gasteiger partial charge in [0, 0.05) is 27.1 Å². The van der Waals surface area contributed by atoms with Crippen LogP contribution >= 0.6 is 0 Å². The number of benzene rings is 4. The molecule has 2 heterocycles. The Morgan fingerprint density at radius 2 is 1.34 bits per heavy atom. The third kappa shape index (κ3) is 2.80. The van der Waals surface area contributed by atoms with E-state index in [1.54, 1.807) is 0 Å². The van der Waals surface area contributed by atoms with Crippen LogP contribution in [0.4, 0.5) is 0 Å². The molecule has 0 saturated carbocycles. The Hall–Kier alpha value is -4.43. The van der Waals surface area contributed by atoms with Gasteiger partial charge in [-0.2, -0.15) is 0 Å². The standard InChI is InChI=1S/C36H28N2/c1-36(2)30-20-10-7-15-25(30)23-13-3-5-17-27(23)34-33(36)29-19-9-12-22-32(29)38(34)35-28-18-6-4-14-24(28)26-16-8-11-21-31(26)37-35/h3-9,11-19,21-22H,10,20H2,1-2H3. The SMILES string of the molecule is CC1(C)C2=C(C=CCC2)c2ccccc2-c2c1c1ccccc1n2-c1nc2ccccc2c2ccccc12. The van der Waals surface area contributed by atoms with Crippen molar-refractivity contribution in [3.05, 3.63) is 126 Å². The molecule has 0 unspecified atom stereocenters. The van der Waals surface area contributed by atoms with Gasteiger partial charge in [0.1, 0.15) is 5.82 Å². The number of para-hydroxylation sites is 2. The second-order valence-electron chi connectivity index (χ2n) is 11.1. The van der Waals surface area contributed by atoms with E-state index >= 15 is 0 Å². The summed E-state index contributed by atoms with van der Waals surface area (Å²) in [5, 5.41) is 4.91. The summed E-state index contributed by atoms with van der Waals surface area (Å²) in [6.45, 7) is 4.85. The Kier molecular flexibility index (Phi) is 4.43. The van der Waals surface area contributed by atoms with Gasteiger partial charge in [-0.05, 0) is 47.1 Å².